The van der Waals surface area contributed by atoms with Crippen molar-refractivity contribution in [1.29, 1.82) is 0 Å². The Morgan fingerprint density at radius 1 is 1.06 bits per heavy atom. The van der Waals surface area contributed by atoms with Gasteiger partial charge in [-0.3, -0.25) is 10.1 Å². The second kappa shape index (κ2) is 9.13. The average Bonchev–Trinajstić information content (AvgIpc) is 3.41. The maximum atomic E-state index is 11.6. The lowest BCUT2D eigenvalue weighted by Gasteiger charge is -2.17. The molecule has 2 aliphatic rings. The van der Waals surface area contributed by atoms with Crippen molar-refractivity contribution in [1.82, 2.24) is 10.3 Å². The molecule has 8 heteroatoms. The minimum atomic E-state index is -0.788. The van der Waals surface area contributed by atoms with Crippen molar-refractivity contribution in [2.75, 3.05) is 7.11 Å². The van der Waals surface area contributed by atoms with E-state index in [1.165, 1.54) is 19.3 Å². The predicted octanol–water partition coefficient (Wildman–Crippen LogP) is 4.64. The van der Waals surface area contributed by atoms with Crippen molar-refractivity contribution in [2.45, 2.75) is 57.2 Å². The lowest BCUT2D eigenvalue weighted by molar-refractivity contribution is -0.123. The first kappa shape index (κ1) is 21.3. The number of cyclic esters (lactones) is 1. The van der Waals surface area contributed by atoms with Crippen LogP contribution in [0, 0.1) is 0 Å². The Morgan fingerprint density at radius 2 is 1.85 bits per heavy atom. The minimum absolute atomic E-state index is 0.321. The zero-order valence-corrected chi connectivity index (χ0v) is 18.5. The van der Waals surface area contributed by atoms with E-state index < -0.39 is 18.1 Å². The molecule has 0 bridgehead atoms. The first-order chi connectivity index (χ1) is 16.1. The number of oxazole rings is 1. The number of nitrogens with one attached hydrogen (secondary N) is 1. The molecule has 33 heavy (non-hydrogen) atoms. The maximum absolute atomic E-state index is 11.6. The molecule has 1 saturated heterocycles. The first-order valence-electron chi connectivity index (χ1n) is 11.3. The molecular formula is C25H26N2O6. The number of ether oxygens (including phenoxy) is 3. The fraction of sp³-hybridized carbons (Fsp3) is 0.400. The van der Waals surface area contributed by atoms with E-state index in [2.05, 4.69) is 5.32 Å². The number of hydrogen-bond acceptors (Lipinski definition) is 7. The van der Waals surface area contributed by atoms with Gasteiger partial charge in [0.25, 0.3) is 5.91 Å². The summed E-state index contributed by atoms with van der Waals surface area (Å²) in [6.07, 6.45) is 4.80. The van der Waals surface area contributed by atoms with Crippen molar-refractivity contribution in [3.8, 4) is 11.5 Å². The van der Waals surface area contributed by atoms with E-state index in [0.717, 1.165) is 35.4 Å². The van der Waals surface area contributed by atoms with Gasteiger partial charge in [-0.15, -0.1) is 0 Å². The number of carbonyl (C=O) groups is 2. The molecule has 5 rings (SSSR count). The van der Waals surface area contributed by atoms with E-state index in [4.69, 9.17) is 23.6 Å². The van der Waals surface area contributed by atoms with E-state index in [1.807, 2.05) is 36.4 Å². The summed E-state index contributed by atoms with van der Waals surface area (Å²) in [6.45, 7) is 0.347. The number of benzene rings is 2. The summed E-state index contributed by atoms with van der Waals surface area (Å²) in [4.78, 5) is 27.6. The minimum Gasteiger partial charge on any atom is -0.493 e. The summed E-state index contributed by atoms with van der Waals surface area (Å²) in [7, 11) is 1.63. The van der Waals surface area contributed by atoms with E-state index in [0.29, 0.717) is 36.0 Å². The van der Waals surface area contributed by atoms with E-state index in [1.54, 1.807) is 7.11 Å². The van der Waals surface area contributed by atoms with Crippen LogP contribution in [0.1, 0.15) is 55.0 Å². The van der Waals surface area contributed by atoms with Gasteiger partial charge >= 0.3 is 6.09 Å². The molecule has 8 nitrogen and oxygen atoms in total. The quantitative estimate of drug-likeness (QED) is 0.560. The van der Waals surface area contributed by atoms with Crippen LogP contribution in [0.4, 0.5) is 4.79 Å². The third-order valence-corrected chi connectivity index (χ3v) is 6.22. The normalized spacial score (nSPS) is 18.9. The Labute approximate surface area is 191 Å². The summed E-state index contributed by atoms with van der Waals surface area (Å²) in [5.74, 6) is 2.12. The van der Waals surface area contributed by atoms with Gasteiger partial charge in [0.15, 0.2) is 23.3 Å². The topological polar surface area (TPSA) is 99.9 Å². The van der Waals surface area contributed by atoms with Crippen molar-refractivity contribution in [3.63, 3.8) is 0 Å². The number of imide groups is 1. The number of methoxy groups -OCH3 is 1. The van der Waals surface area contributed by atoms with E-state index >= 15 is 0 Å². The van der Waals surface area contributed by atoms with Crippen LogP contribution < -0.4 is 14.8 Å². The molecule has 1 atom stereocenters. The lowest BCUT2D eigenvalue weighted by Crippen LogP contribution is -2.25. The van der Waals surface area contributed by atoms with Crippen LogP contribution in [-0.2, 0) is 22.6 Å². The molecule has 1 aromatic heterocycles. The highest BCUT2D eigenvalue weighted by molar-refractivity contribution is 6.00. The van der Waals surface area contributed by atoms with Gasteiger partial charge in [-0.05, 0) is 48.2 Å². The highest BCUT2D eigenvalue weighted by Gasteiger charge is 2.32. The average molecular weight is 450 g/mol. The smallest absolute Gasteiger partial charge is 0.414 e. The monoisotopic (exact) mass is 450 g/mol. The van der Waals surface area contributed by atoms with Crippen LogP contribution in [0.25, 0.3) is 11.1 Å². The van der Waals surface area contributed by atoms with Gasteiger partial charge in [-0.25, -0.2) is 9.78 Å². The van der Waals surface area contributed by atoms with Crippen LogP contribution in [0.5, 0.6) is 11.5 Å². The fourth-order valence-electron chi connectivity index (χ4n) is 4.46. The summed E-state index contributed by atoms with van der Waals surface area (Å²) in [6, 6.07) is 11.3. The molecule has 2 amide bonds. The number of rotatable bonds is 7. The van der Waals surface area contributed by atoms with Gasteiger partial charge in [0.05, 0.1) is 7.11 Å². The molecule has 0 radical (unpaired) electrons. The second-order valence-corrected chi connectivity index (χ2v) is 8.55. The third kappa shape index (κ3) is 4.65. The van der Waals surface area contributed by atoms with Crippen molar-refractivity contribution < 1.29 is 28.2 Å². The van der Waals surface area contributed by atoms with Gasteiger partial charge in [0, 0.05) is 12.3 Å². The number of carbonyl (C=O) groups excluding carboxylic acids is 2. The molecule has 1 N–H and O–H groups in total. The molecule has 1 aliphatic carbocycles. The van der Waals surface area contributed by atoms with Crippen molar-refractivity contribution >= 4 is 23.1 Å². The standard InChI is InChI=1S/C25H26N2O6/c1-30-20-13-16(11-19-22(20)33-24(26-19)17-5-3-2-4-6-17)14-31-18-9-7-15(8-10-18)12-21-23(28)27-25(29)32-21/h7-11,13,17,21H,2-6,12,14H2,1H3,(H,27,28,29). The predicted molar refractivity (Wildman–Crippen MR) is 119 cm³/mol. The molecule has 0 spiro atoms. The Morgan fingerprint density at radius 3 is 2.55 bits per heavy atom. The van der Waals surface area contributed by atoms with Crippen LogP contribution in [0.3, 0.4) is 0 Å². The van der Waals surface area contributed by atoms with Crippen LogP contribution in [0.15, 0.2) is 40.8 Å². The SMILES string of the molecule is COc1cc(COc2ccc(CC3OC(=O)NC3=O)cc2)cc2nc(C3CCCCC3)oc12. The summed E-state index contributed by atoms with van der Waals surface area (Å²) < 4.78 is 22.6. The Balaban J connectivity index is 1.26. The molecular weight excluding hydrogens is 424 g/mol. The maximum Gasteiger partial charge on any atom is 0.414 e. The Kier molecular flexibility index (Phi) is 5.90. The summed E-state index contributed by atoms with van der Waals surface area (Å²) in [5.41, 5.74) is 3.27. The van der Waals surface area contributed by atoms with Crippen LogP contribution in [0.2, 0.25) is 0 Å². The van der Waals surface area contributed by atoms with Gasteiger partial charge in [0.1, 0.15) is 17.9 Å². The molecule has 1 unspecified atom stereocenters. The Hall–Kier alpha value is -3.55. The highest BCUT2D eigenvalue weighted by atomic mass is 16.6. The zero-order valence-electron chi connectivity index (χ0n) is 18.5. The second-order valence-electron chi connectivity index (χ2n) is 8.55. The molecule has 2 aromatic carbocycles. The van der Waals surface area contributed by atoms with Gasteiger partial charge < -0.3 is 18.6 Å². The van der Waals surface area contributed by atoms with Gasteiger partial charge in [-0.1, -0.05) is 31.4 Å². The molecule has 3 aromatic rings. The number of fused-ring (bicyclic) bond motifs is 1. The van der Waals surface area contributed by atoms with Gasteiger partial charge in [0.2, 0.25) is 0 Å². The van der Waals surface area contributed by atoms with Crippen molar-refractivity contribution in [3.05, 3.63) is 53.4 Å². The fourth-order valence-corrected chi connectivity index (χ4v) is 4.46. The Bertz CT molecular complexity index is 1160. The van der Waals surface area contributed by atoms with E-state index in [9.17, 15) is 9.59 Å². The lowest BCUT2D eigenvalue weighted by atomic mass is 9.89. The number of hydrogen-bond donors (Lipinski definition) is 1. The molecule has 1 aliphatic heterocycles. The number of nitrogens with zero attached hydrogens (tertiary/aromatic N) is 1. The molecule has 2 heterocycles. The van der Waals surface area contributed by atoms with Crippen LogP contribution >= 0.6 is 0 Å². The summed E-state index contributed by atoms with van der Waals surface area (Å²) in [5, 5.41) is 2.13. The molecule has 1 saturated carbocycles. The van der Waals surface area contributed by atoms with Gasteiger partial charge in [-0.2, -0.15) is 0 Å². The van der Waals surface area contributed by atoms with Crippen molar-refractivity contribution in [2.24, 2.45) is 0 Å². The third-order valence-electron chi connectivity index (χ3n) is 6.22. The van der Waals surface area contributed by atoms with Crippen LogP contribution in [-0.4, -0.2) is 30.2 Å². The number of aromatic nitrogens is 1. The molecule has 172 valence electrons. The number of amides is 2. The molecule has 2 fully saturated rings. The number of alkyl carbamates (subject to hydrolysis) is 1. The summed E-state index contributed by atoms with van der Waals surface area (Å²) >= 11 is 0. The highest BCUT2D eigenvalue weighted by Crippen LogP contribution is 2.36. The van der Waals surface area contributed by atoms with E-state index in [-0.39, 0.29) is 0 Å². The zero-order chi connectivity index (χ0) is 22.8. The largest absolute Gasteiger partial charge is 0.493 e. The first-order valence-corrected chi connectivity index (χ1v) is 11.3.